The number of ether oxygens (including phenoxy) is 3. The van der Waals surface area contributed by atoms with E-state index in [1.807, 2.05) is 0 Å². The van der Waals surface area contributed by atoms with E-state index in [1.54, 1.807) is 0 Å². The molecule has 0 aliphatic carbocycles. The number of ketones is 2. The van der Waals surface area contributed by atoms with Gasteiger partial charge in [-0.3, -0.25) is 19.2 Å². The Labute approximate surface area is 215 Å². The molecule has 0 aromatic carbocycles. The largest absolute Gasteiger partial charge is 0.381 e. The molecule has 0 aromatic rings. The third kappa shape index (κ3) is 17.5. The number of hydrogen-bond donors (Lipinski definition) is 2. The third-order valence-corrected chi connectivity index (χ3v) is 5.09. The molecular formula is C27H42N2O7. The second-order valence-corrected chi connectivity index (χ2v) is 8.33. The van der Waals surface area contributed by atoms with E-state index in [0.717, 1.165) is 0 Å². The molecule has 0 unspecified atom stereocenters. The highest BCUT2D eigenvalue weighted by Crippen LogP contribution is 2.26. The molecule has 0 spiro atoms. The Morgan fingerprint density at radius 1 is 0.611 bits per heavy atom. The van der Waals surface area contributed by atoms with Gasteiger partial charge in [-0.25, -0.2) is 0 Å². The van der Waals surface area contributed by atoms with Crippen molar-refractivity contribution in [3.8, 4) is 0 Å². The molecule has 2 amide bonds. The lowest BCUT2D eigenvalue weighted by atomic mass is 9.85. The van der Waals surface area contributed by atoms with Gasteiger partial charge in [-0.05, 0) is 50.0 Å². The topological polar surface area (TPSA) is 120 Å². The average Bonchev–Trinajstić information content (AvgIpc) is 2.89. The first-order chi connectivity index (χ1) is 17.3. The summed E-state index contributed by atoms with van der Waals surface area (Å²) in [6.45, 7) is 16.6. The van der Waals surface area contributed by atoms with Crippen LogP contribution in [0.2, 0.25) is 0 Å². The molecule has 0 heterocycles. The minimum absolute atomic E-state index is 0.00344. The van der Waals surface area contributed by atoms with E-state index in [0.29, 0.717) is 65.0 Å². The summed E-state index contributed by atoms with van der Waals surface area (Å²) < 4.78 is 17.6. The normalized spacial score (nSPS) is 10.8. The quantitative estimate of drug-likeness (QED) is 0.144. The highest BCUT2D eigenvalue weighted by Gasteiger charge is 2.33. The maximum atomic E-state index is 12.3. The van der Waals surface area contributed by atoms with Gasteiger partial charge < -0.3 is 24.8 Å². The van der Waals surface area contributed by atoms with Gasteiger partial charge in [0, 0.05) is 51.2 Å². The number of rotatable bonds is 25. The van der Waals surface area contributed by atoms with Gasteiger partial charge in [-0.2, -0.15) is 0 Å². The van der Waals surface area contributed by atoms with Crippen molar-refractivity contribution in [3.05, 3.63) is 50.6 Å². The van der Waals surface area contributed by atoms with Crippen molar-refractivity contribution in [2.24, 2.45) is 5.41 Å². The minimum atomic E-state index is -0.739. The van der Waals surface area contributed by atoms with Crippen LogP contribution in [0.4, 0.5) is 0 Å². The monoisotopic (exact) mass is 506 g/mol. The number of amides is 2. The smallest absolute Gasteiger partial charge is 0.243 e. The number of allylic oxidation sites excluding steroid dienone is 2. The summed E-state index contributed by atoms with van der Waals surface area (Å²) in [5.41, 5.74) is -0.739. The van der Waals surface area contributed by atoms with Gasteiger partial charge in [-0.15, -0.1) is 0 Å². The Kier molecular flexibility index (Phi) is 19.7. The van der Waals surface area contributed by atoms with Crippen LogP contribution >= 0.6 is 0 Å². The summed E-state index contributed by atoms with van der Waals surface area (Å²) >= 11 is 0. The van der Waals surface area contributed by atoms with Crippen molar-refractivity contribution in [1.82, 2.24) is 10.6 Å². The minimum Gasteiger partial charge on any atom is -0.381 e. The summed E-state index contributed by atoms with van der Waals surface area (Å²) in [4.78, 5) is 46.2. The third-order valence-electron chi connectivity index (χ3n) is 5.09. The van der Waals surface area contributed by atoms with Crippen LogP contribution in [-0.2, 0) is 33.4 Å². The fraction of sp³-hybridized carbons (Fsp3) is 0.556. The van der Waals surface area contributed by atoms with Crippen molar-refractivity contribution < 1.29 is 33.4 Å². The molecule has 0 aromatic heterocycles. The Balaban J connectivity index is 4.93. The van der Waals surface area contributed by atoms with Crippen molar-refractivity contribution in [2.75, 3.05) is 52.7 Å². The van der Waals surface area contributed by atoms with Gasteiger partial charge in [0.15, 0.2) is 11.6 Å². The summed E-state index contributed by atoms with van der Waals surface area (Å²) in [5, 5.41) is 5.37. The van der Waals surface area contributed by atoms with Gasteiger partial charge in [0.2, 0.25) is 11.8 Å². The first-order valence-corrected chi connectivity index (χ1v) is 12.2. The first-order valence-electron chi connectivity index (χ1n) is 12.2. The number of unbranched alkanes of at least 4 members (excludes halogenated alkanes) is 1. The van der Waals surface area contributed by atoms with Crippen molar-refractivity contribution in [3.63, 3.8) is 0 Å². The Morgan fingerprint density at radius 3 is 1.47 bits per heavy atom. The van der Waals surface area contributed by atoms with Gasteiger partial charge in [0.05, 0.1) is 19.8 Å². The van der Waals surface area contributed by atoms with E-state index in [4.69, 9.17) is 14.2 Å². The molecule has 2 N–H and O–H groups in total. The number of carbonyl (C=O) groups excluding carboxylic acids is 4. The fourth-order valence-corrected chi connectivity index (χ4v) is 3.11. The lowest BCUT2D eigenvalue weighted by molar-refractivity contribution is -0.125. The van der Waals surface area contributed by atoms with E-state index >= 15 is 0 Å². The summed E-state index contributed by atoms with van der Waals surface area (Å²) in [7, 11) is 0. The van der Waals surface area contributed by atoms with Crippen LogP contribution in [0.1, 0.15) is 38.5 Å². The molecule has 0 bridgehead atoms. The molecular weight excluding hydrogens is 464 g/mol. The van der Waals surface area contributed by atoms with E-state index in [9.17, 15) is 19.2 Å². The van der Waals surface area contributed by atoms with Crippen molar-refractivity contribution in [1.29, 1.82) is 0 Å². The standard InChI is InChI=1S/C27H42N2O7/c1-5-23(30)13-9-10-16-34-20-27(19-24(31)6-2,21-35-17-11-14-28-25(32)7-3)22-36-18-12-15-29-26(33)8-4/h5-8H,1-4,9-22H2,(H,28,32)(H,29,33). The van der Waals surface area contributed by atoms with Crippen LogP contribution in [0.3, 0.4) is 0 Å². The molecule has 0 radical (unpaired) electrons. The average molecular weight is 507 g/mol. The number of hydrogen-bond acceptors (Lipinski definition) is 7. The van der Waals surface area contributed by atoms with Gasteiger partial charge in [0.1, 0.15) is 0 Å². The maximum Gasteiger partial charge on any atom is 0.243 e. The molecule has 0 atom stereocenters. The fourth-order valence-electron chi connectivity index (χ4n) is 3.11. The molecule has 0 rings (SSSR count). The predicted octanol–water partition coefficient (Wildman–Crippen LogP) is 2.48. The molecule has 9 nitrogen and oxygen atoms in total. The van der Waals surface area contributed by atoms with Gasteiger partial charge >= 0.3 is 0 Å². The highest BCUT2D eigenvalue weighted by molar-refractivity contribution is 5.89. The van der Waals surface area contributed by atoms with Crippen LogP contribution in [0.5, 0.6) is 0 Å². The Morgan fingerprint density at radius 2 is 1.06 bits per heavy atom. The number of carbonyl (C=O) groups is 4. The van der Waals surface area contributed by atoms with Crippen LogP contribution in [0, 0.1) is 5.41 Å². The molecule has 202 valence electrons. The van der Waals surface area contributed by atoms with Crippen molar-refractivity contribution >= 4 is 23.4 Å². The highest BCUT2D eigenvalue weighted by atomic mass is 16.5. The van der Waals surface area contributed by atoms with Crippen molar-refractivity contribution in [2.45, 2.75) is 38.5 Å². The molecule has 0 aliphatic heterocycles. The zero-order chi connectivity index (χ0) is 27.1. The molecule has 0 saturated carbocycles. The summed E-state index contributed by atoms with van der Waals surface area (Å²) in [6.07, 6.45) is 8.10. The number of nitrogens with one attached hydrogen (secondary N) is 2. The second-order valence-electron chi connectivity index (χ2n) is 8.33. The zero-order valence-electron chi connectivity index (χ0n) is 21.4. The van der Waals surface area contributed by atoms with Crippen LogP contribution in [0.25, 0.3) is 0 Å². The SMILES string of the molecule is C=CC(=O)CCCCOCC(COCCCNC(=O)C=C)(COCCCNC(=O)C=C)CC(=O)C=C. The Hall–Kier alpha value is -2.88. The summed E-state index contributed by atoms with van der Waals surface area (Å²) in [6, 6.07) is 0. The zero-order valence-corrected chi connectivity index (χ0v) is 21.4. The molecule has 0 saturated heterocycles. The molecule has 0 fully saturated rings. The van der Waals surface area contributed by atoms with E-state index < -0.39 is 5.41 Å². The molecule has 36 heavy (non-hydrogen) atoms. The van der Waals surface area contributed by atoms with Crippen LogP contribution < -0.4 is 10.6 Å². The second kappa shape index (κ2) is 21.4. The summed E-state index contributed by atoms with van der Waals surface area (Å²) in [5.74, 6) is -0.654. The predicted molar refractivity (Wildman–Crippen MR) is 139 cm³/mol. The molecule has 9 heteroatoms. The van der Waals surface area contributed by atoms with Crippen LogP contribution in [0.15, 0.2) is 50.6 Å². The van der Waals surface area contributed by atoms with Gasteiger partial charge in [-0.1, -0.05) is 26.3 Å². The van der Waals surface area contributed by atoms with Crippen LogP contribution in [-0.4, -0.2) is 76.1 Å². The van der Waals surface area contributed by atoms with Gasteiger partial charge in [0.25, 0.3) is 0 Å². The molecule has 0 aliphatic rings. The lowest BCUT2D eigenvalue weighted by Crippen LogP contribution is -2.40. The van der Waals surface area contributed by atoms with E-state index in [2.05, 4.69) is 36.9 Å². The maximum absolute atomic E-state index is 12.3. The first kappa shape index (κ1) is 33.1. The Bertz CT molecular complexity index is 655. The van der Waals surface area contributed by atoms with E-state index in [1.165, 1.54) is 24.3 Å². The lowest BCUT2D eigenvalue weighted by Gasteiger charge is -2.32. The van der Waals surface area contributed by atoms with E-state index in [-0.39, 0.29) is 49.6 Å².